The minimum absolute atomic E-state index is 0.0607. The largest absolute Gasteiger partial charge is 0.480 e. The van der Waals surface area contributed by atoms with Gasteiger partial charge in [0, 0.05) is 24.3 Å². The smallest absolute Gasteiger partial charge is 0.317 e. The van der Waals surface area contributed by atoms with E-state index in [2.05, 4.69) is 17.3 Å². The molecule has 0 aliphatic heterocycles. The molecule has 0 aromatic carbocycles. The molecule has 0 unspecified atom stereocenters. The van der Waals surface area contributed by atoms with Crippen molar-refractivity contribution in [2.45, 2.75) is 65.1 Å². The second-order valence-corrected chi connectivity index (χ2v) is 6.47. The van der Waals surface area contributed by atoms with E-state index in [0.29, 0.717) is 12.1 Å². The number of aromatic nitrogens is 2. The van der Waals surface area contributed by atoms with Crippen molar-refractivity contribution in [3.8, 4) is 0 Å². The molecule has 0 bridgehead atoms. The van der Waals surface area contributed by atoms with Gasteiger partial charge >= 0.3 is 5.97 Å². The molecule has 2 N–H and O–H groups in total. The van der Waals surface area contributed by atoms with Crippen LogP contribution >= 0.6 is 0 Å². The predicted molar refractivity (Wildman–Crippen MR) is 91.0 cm³/mol. The lowest BCUT2D eigenvalue weighted by Gasteiger charge is -2.42. The molecule has 1 aliphatic rings. The van der Waals surface area contributed by atoms with Crippen LogP contribution in [0.1, 0.15) is 55.6 Å². The van der Waals surface area contributed by atoms with E-state index in [1.165, 1.54) is 0 Å². The summed E-state index contributed by atoms with van der Waals surface area (Å²) in [6.45, 7) is 7.62. The van der Waals surface area contributed by atoms with Crippen LogP contribution in [0.15, 0.2) is 6.20 Å². The predicted octanol–water partition coefficient (Wildman–Crippen LogP) is 1.66. The Morgan fingerprint density at radius 2 is 2.12 bits per heavy atom. The number of carbonyl (C=O) groups excluding carboxylic acids is 1. The molecule has 0 spiro atoms. The minimum Gasteiger partial charge on any atom is -0.480 e. The maximum absolute atomic E-state index is 12.4. The van der Waals surface area contributed by atoms with E-state index < -0.39 is 5.97 Å². The summed E-state index contributed by atoms with van der Waals surface area (Å²) in [7, 11) is 0. The standard InChI is InChI=1S/C17H28N4O3/c1-4-6-7-21-12(3)15(10-18-21)17(24)19-13-8-14(9-13)20(5-2)11-16(22)23/h10,13-14H,4-9,11H2,1-3H3,(H,19,24)(H,22,23). The van der Waals surface area contributed by atoms with Crippen LogP contribution in [0.4, 0.5) is 0 Å². The summed E-state index contributed by atoms with van der Waals surface area (Å²) in [5, 5.41) is 16.3. The molecule has 134 valence electrons. The summed E-state index contributed by atoms with van der Waals surface area (Å²) >= 11 is 0. The van der Waals surface area contributed by atoms with E-state index in [1.807, 2.05) is 23.4 Å². The zero-order valence-corrected chi connectivity index (χ0v) is 14.8. The highest BCUT2D eigenvalue weighted by Crippen LogP contribution is 2.26. The Morgan fingerprint density at radius 1 is 1.42 bits per heavy atom. The van der Waals surface area contributed by atoms with Gasteiger partial charge in [-0.2, -0.15) is 5.10 Å². The average Bonchev–Trinajstić information content (AvgIpc) is 2.87. The molecule has 7 nitrogen and oxygen atoms in total. The topological polar surface area (TPSA) is 87.5 Å². The quantitative estimate of drug-likeness (QED) is 0.716. The highest BCUT2D eigenvalue weighted by atomic mass is 16.4. The number of hydrogen-bond donors (Lipinski definition) is 2. The van der Waals surface area contributed by atoms with Gasteiger partial charge in [-0.25, -0.2) is 0 Å². The molecule has 0 saturated heterocycles. The number of aryl methyl sites for hydroxylation is 1. The molecule has 1 amide bonds. The fraction of sp³-hybridized carbons (Fsp3) is 0.706. The molecular weight excluding hydrogens is 308 g/mol. The number of aliphatic carboxylic acids is 1. The number of nitrogens with one attached hydrogen (secondary N) is 1. The molecule has 0 radical (unpaired) electrons. The number of carboxylic acids is 1. The summed E-state index contributed by atoms with van der Waals surface area (Å²) in [5.74, 6) is -0.889. The third-order valence-electron chi connectivity index (χ3n) is 4.78. The number of rotatable bonds is 9. The molecule has 1 heterocycles. The molecule has 1 fully saturated rings. The fourth-order valence-electron chi connectivity index (χ4n) is 3.14. The Kier molecular flexibility index (Phi) is 6.36. The average molecular weight is 336 g/mol. The van der Waals surface area contributed by atoms with Crippen LogP contribution in [-0.2, 0) is 11.3 Å². The summed E-state index contributed by atoms with van der Waals surface area (Å²) in [5.41, 5.74) is 1.53. The zero-order chi connectivity index (χ0) is 17.7. The van der Waals surface area contributed by atoms with Crippen molar-refractivity contribution in [3.05, 3.63) is 17.5 Å². The summed E-state index contributed by atoms with van der Waals surface area (Å²) < 4.78 is 1.88. The van der Waals surface area contributed by atoms with Gasteiger partial charge < -0.3 is 10.4 Å². The maximum atomic E-state index is 12.4. The number of carbonyl (C=O) groups is 2. The number of hydrogen-bond acceptors (Lipinski definition) is 4. The van der Waals surface area contributed by atoms with E-state index in [9.17, 15) is 9.59 Å². The zero-order valence-electron chi connectivity index (χ0n) is 14.8. The first kappa shape index (κ1) is 18.4. The number of carboxylic acid groups (broad SMARTS) is 1. The van der Waals surface area contributed by atoms with E-state index in [0.717, 1.165) is 37.9 Å². The molecule has 24 heavy (non-hydrogen) atoms. The lowest BCUT2D eigenvalue weighted by Crippen LogP contribution is -2.54. The lowest BCUT2D eigenvalue weighted by molar-refractivity contribution is -0.139. The molecule has 1 aromatic heterocycles. The van der Waals surface area contributed by atoms with E-state index in [4.69, 9.17) is 5.11 Å². The normalized spacial score (nSPS) is 20.0. The van der Waals surface area contributed by atoms with Gasteiger partial charge in [0.05, 0.1) is 18.3 Å². The van der Waals surface area contributed by atoms with Crippen LogP contribution < -0.4 is 5.32 Å². The van der Waals surface area contributed by atoms with Crippen LogP contribution in [0.5, 0.6) is 0 Å². The first-order valence-electron chi connectivity index (χ1n) is 8.75. The number of unbranched alkanes of at least 4 members (excludes halogenated alkanes) is 1. The Hall–Kier alpha value is -1.89. The van der Waals surface area contributed by atoms with Crippen LogP contribution in [0.3, 0.4) is 0 Å². The third-order valence-corrected chi connectivity index (χ3v) is 4.78. The van der Waals surface area contributed by atoms with Gasteiger partial charge in [0.1, 0.15) is 0 Å². The summed E-state index contributed by atoms with van der Waals surface area (Å²) in [4.78, 5) is 25.2. The Balaban J connectivity index is 1.84. The van der Waals surface area contributed by atoms with Crippen LogP contribution in [0.2, 0.25) is 0 Å². The van der Waals surface area contributed by atoms with Crippen molar-refractivity contribution in [2.75, 3.05) is 13.1 Å². The van der Waals surface area contributed by atoms with Crippen molar-refractivity contribution >= 4 is 11.9 Å². The van der Waals surface area contributed by atoms with Crippen molar-refractivity contribution < 1.29 is 14.7 Å². The second-order valence-electron chi connectivity index (χ2n) is 6.47. The summed E-state index contributed by atoms with van der Waals surface area (Å²) in [6, 6.07) is 0.355. The van der Waals surface area contributed by atoms with E-state index >= 15 is 0 Å². The number of nitrogens with zero attached hydrogens (tertiary/aromatic N) is 3. The van der Waals surface area contributed by atoms with E-state index in [1.54, 1.807) is 6.20 Å². The fourth-order valence-corrected chi connectivity index (χ4v) is 3.14. The van der Waals surface area contributed by atoms with Crippen molar-refractivity contribution in [2.24, 2.45) is 0 Å². The number of amides is 1. The van der Waals surface area contributed by atoms with Gasteiger partial charge in [-0.1, -0.05) is 20.3 Å². The van der Waals surface area contributed by atoms with Crippen LogP contribution in [0, 0.1) is 6.92 Å². The first-order valence-corrected chi connectivity index (χ1v) is 8.75. The minimum atomic E-state index is -0.806. The first-order chi connectivity index (χ1) is 11.5. The van der Waals surface area contributed by atoms with Crippen molar-refractivity contribution in [3.63, 3.8) is 0 Å². The van der Waals surface area contributed by atoms with Gasteiger partial charge in [0.15, 0.2) is 0 Å². The second kappa shape index (κ2) is 8.28. The molecule has 1 saturated carbocycles. The van der Waals surface area contributed by atoms with Gasteiger partial charge in [0.25, 0.3) is 5.91 Å². The highest BCUT2D eigenvalue weighted by Gasteiger charge is 2.35. The van der Waals surface area contributed by atoms with Crippen LogP contribution in [0.25, 0.3) is 0 Å². The molecule has 7 heteroatoms. The van der Waals surface area contributed by atoms with Gasteiger partial charge in [-0.3, -0.25) is 19.2 Å². The summed E-state index contributed by atoms with van der Waals surface area (Å²) in [6.07, 6.45) is 5.38. The van der Waals surface area contributed by atoms with Gasteiger partial charge in [-0.15, -0.1) is 0 Å². The Morgan fingerprint density at radius 3 is 2.71 bits per heavy atom. The Labute approximate surface area is 143 Å². The third kappa shape index (κ3) is 4.35. The molecule has 1 aliphatic carbocycles. The molecule has 0 atom stereocenters. The lowest BCUT2D eigenvalue weighted by atomic mass is 9.85. The highest BCUT2D eigenvalue weighted by molar-refractivity contribution is 5.95. The monoisotopic (exact) mass is 336 g/mol. The molecule has 1 aromatic rings. The molecule has 2 rings (SSSR count). The van der Waals surface area contributed by atoms with Crippen LogP contribution in [-0.4, -0.2) is 56.8 Å². The SMILES string of the molecule is CCCCn1ncc(C(=O)NC2CC(N(CC)CC(=O)O)C2)c1C. The van der Waals surface area contributed by atoms with Gasteiger partial charge in [0.2, 0.25) is 0 Å². The van der Waals surface area contributed by atoms with Gasteiger partial charge in [-0.05, 0) is 32.7 Å². The maximum Gasteiger partial charge on any atom is 0.317 e. The number of likely N-dealkylation sites (N-methyl/N-ethyl adjacent to an activating group) is 1. The van der Waals surface area contributed by atoms with E-state index in [-0.39, 0.29) is 24.5 Å². The Bertz CT molecular complexity index is 578. The van der Waals surface area contributed by atoms with Crippen molar-refractivity contribution in [1.29, 1.82) is 0 Å². The van der Waals surface area contributed by atoms with Crippen molar-refractivity contribution in [1.82, 2.24) is 20.0 Å². The molecular formula is C17H28N4O3.